The van der Waals surface area contributed by atoms with Gasteiger partial charge in [-0.1, -0.05) is 12.1 Å². The lowest BCUT2D eigenvalue weighted by atomic mass is 9.83. The molecule has 13 nitrogen and oxygen atoms in total. The number of carbonyl (C=O) groups excluding carboxylic acids is 1. The molecule has 206 valence electrons. The van der Waals surface area contributed by atoms with Crippen molar-refractivity contribution in [2.24, 2.45) is 0 Å². The maximum absolute atomic E-state index is 13.4. The Bertz CT molecular complexity index is 1210. The lowest BCUT2D eigenvalue weighted by Crippen LogP contribution is -2.50. The molecule has 0 bridgehead atoms. The molecule has 9 N–H and O–H groups in total. The van der Waals surface area contributed by atoms with E-state index >= 15 is 0 Å². The van der Waals surface area contributed by atoms with Gasteiger partial charge in [0.2, 0.25) is 0 Å². The van der Waals surface area contributed by atoms with E-state index in [-0.39, 0.29) is 23.5 Å². The monoisotopic (exact) mass is 536 g/mol. The largest absolute Gasteiger partial charge is 0.508 e. The summed E-state index contributed by atoms with van der Waals surface area (Å²) in [5.41, 5.74) is -0.830. The Morgan fingerprint density at radius 2 is 1.21 bits per heavy atom. The van der Waals surface area contributed by atoms with Crippen molar-refractivity contribution < 1.29 is 65.0 Å². The van der Waals surface area contributed by atoms with Crippen LogP contribution >= 0.6 is 0 Å². The maximum atomic E-state index is 13.4. The standard InChI is InChI=1S/C25H28O13/c26-9-3-1-8(2-4-9)13-5-10(27)14-19(32)15(24-21(34)17(30)11(28)6-36-24)20(33)16(23(14)38-13)25-22(35)18(31)12(29)7-37-25/h1-4,11-13,17-18,21-22,24-26,28-35H,5-7H2/t11-,12-,13?,17+,18+,21-,22-,24+,25+/m1/s1. The van der Waals surface area contributed by atoms with Crippen LogP contribution in [0, 0.1) is 0 Å². The van der Waals surface area contributed by atoms with Gasteiger partial charge in [-0.05, 0) is 17.7 Å². The van der Waals surface area contributed by atoms with Gasteiger partial charge in [-0.3, -0.25) is 4.79 Å². The molecule has 0 spiro atoms. The summed E-state index contributed by atoms with van der Waals surface area (Å²) in [6, 6.07) is 5.78. The van der Waals surface area contributed by atoms with E-state index < -0.39 is 96.6 Å². The number of carbonyl (C=O) groups is 1. The van der Waals surface area contributed by atoms with Crippen molar-refractivity contribution in [1.29, 1.82) is 0 Å². The highest BCUT2D eigenvalue weighted by Gasteiger charge is 2.48. The number of benzene rings is 2. The van der Waals surface area contributed by atoms with Crippen LogP contribution in [0.1, 0.15) is 51.8 Å². The molecule has 3 aliphatic heterocycles. The number of ether oxygens (including phenoxy) is 3. The second-order valence-electron chi connectivity index (χ2n) is 9.66. The Labute approximate surface area is 215 Å². The molecule has 9 atom stereocenters. The summed E-state index contributed by atoms with van der Waals surface area (Å²) >= 11 is 0. The van der Waals surface area contributed by atoms with Crippen molar-refractivity contribution in [2.45, 2.75) is 61.4 Å². The quantitative estimate of drug-likeness (QED) is 0.225. The van der Waals surface area contributed by atoms with Crippen molar-refractivity contribution in [1.82, 2.24) is 0 Å². The first-order chi connectivity index (χ1) is 18.0. The second kappa shape index (κ2) is 9.94. The number of hydrogen-bond acceptors (Lipinski definition) is 13. The van der Waals surface area contributed by atoms with Gasteiger partial charge in [0, 0.05) is 0 Å². The highest BCUT2D eigenvalue weighted by molar-refractivity contribution is 6.04. The number of Topliss-reactive ketones (excluding diaryl/α,β-unsaturated/α-hetero) is 1. The molecule has 13 heteroatoms. The molecule has 5 rings (SSSR count). The van der Waals surface area contributed by atoms with Crippen molar-refractivity contribution in [3.63, 3.8) is 0 Å². The van der Waals surface area contributed by atoms with Crippen LogP contribution in [0.25, 0.3) is 0 Å². The van der Waals surface area contributed by atoms with Crippen LogP contribution < -0.4 is 4.74 Å². The van der Waals surface area contributed by atoms with Gasteiger partial charge in [-0.2, -0.15) is 0 Å². The summed E-state index contributed by atoms with van der Waals surface area (Å²) in [4.78, 5) is 13.4. The molecule has 0 amide bonds. The summed E-state index contributed by atoms with van der Waals surface area (Å²) < 4.78 is 17.0. The average molecular weight is 536 g/mol. The van der Waals surface area contributed by atoms with Crippen LogP contribution in [0.5, 0.6) is 23.0 Å². The summed E-state index contributed by atoms with van der Waals surface area (Å²) in [6.07, 6.45) is -14.4. The van der Waals surface area contributed by atoms with Crippen molar-refractivity contribution in [3.8, 4) is 23.0 Å². The molecular formula is C25H28O13. The van der Waals surface area contributed by atoms with E-state index in [2.05, 4.69) is 0 Å². The molecule has 2 aromatic rings. The summed E-state index contributed by atoms with van der Waals surface area (Å²) in [6.45, 7) is -0.939. The van der Waals surface area contributed by atoms with Crippen LogP contribution in [0.3, 0.4) is 0 Å². The van der Waals surface area contributed by atoms with E-state index in [1.807, 2.05) is 0 Å². The Kier molecular flexibility index (Phi) is 6.96. The molecule has 3 aliphatic rings. The predicted molar refractivity (Wildman–Crippen MR) is 124 cm³/mol. The van der Waals surface area contributed by atoms with E-state index in [9.17, 15) is 50.8 Å². The molecule has 1 unspecified atom stereocenters. The van der Waals surface area contributed by atoms with Gasteiger partial charge < -0.3 is 60.2 Å². The molecule has 0 aliphatic carbocycles. The van der Waals surface area contributed by atoms with Gasteiger partial charge in [0.25, 0.3) is 0 Å². The number of aliphatic hydroxyl groups is 6. The lowest BCUT2D eigenvalue weighted by Gasteiger charge is -2.40. The third-order valence-electron chi connectivity index (χ3n) is 7.22. The molecule has 0 aromatic heterocycles. The average Bonchev–Trinajstić information content (AvgIpc) is 2.88. The van der Waals surface area contributed by atoms with Crippen molar-refractivity contribution in [3.05, 3.63) is 46.5 Å². The first kappa shape index (κ1) is 26.6. The number of aliphatic hydroxyl groups excluding tert-OH is 6. The van der Waals surface area contributed by atoms with Crippen LogP contribution in [0.2, 0.25) is 0 Å². The Hall–Kier alpha value is -3.01. The smallest absolute Gasteiger partial charge is 0.174 e. The first-order valence-electron chi connectivity index (χ1n) is 11.9. The van der Waals surface area contributed by atoms with E-state index in [0.29, 0.717) is 5.56 Å². The maximum Gasteiger partial charge on any atom is 0.174 e. The predicted octanol–water partition coefficient (Wildman–Crippen LogP) is -1.18. The number of phenolic OH excluding ortho intramolecular Hbond substituents is 3. The second-order valence-corrected chi connectivity index (χ2v) is 9.66. The van der Waals surface area contributed by atoms with Crippen molar-refractivity contribution >= 4 is 5.78 Å². The van der Waals surface area contributed by atoms with Crippen LogP contribution in [-0.2, 0) is 9.47 Å². The minimum Gasteiger partial charge on any atom is -0.508 e. The minimum absolute atomic E-state index is 0.0264. The summed E-state index contributed by atoms with van der Waals surface area (Å²) in [7, 11) is 0. The molecular weight excluding hydrogens is 508 g/mol. The van der Waals surface area contributed by atoms with Gasteiger partial charge in [-0.25, -0.2) is 0 Å². The third kappa shape index (κ3) is 4.26. The van der Waals surface area contributed by atoms with E-state index in [4.69, 9.17) is 14.2 Å². The zero-order valence-corrected chi connectivity index (χ0v) is 19.8. The van der Waals surface area contributed by atoms with Gasteiger partial charge in [0.1, 0.15) is 83.5 Å². The van der Waals surface area contributed by atoms with Crippen LogP contribution in [0.15, 0.2) is 24.3 Å². The Balaban J connectivity index is 1.69. The van der Waals surface area contributed by atoms with Crippen LogP contribution in [0.4, 0.5) is 0 Å². The topological polar surface area (TPSA) is 227 Å². The van der Waals surface area contributed by atoms with E-state index in [1.165, 1.54) is 24.3 Å². The van der Waals surface area contributed by atoms with E-state index in [0.717, 1.165) is 0 Å². The number of phenols is 3. The highest BCUT2D eigenvalue weighted by Crippen LogP contribution is 2.55. The Morgan fingerprint density at radius 3 is 1.76 bits per heavy atom. The third-order valence-corrected chi connectivity index (χ3v) is 7.22. The fourth-order valence-corrected chi connectivity index (χ4v) is 5.11. The summed E-state index contributed by atoms with van der Waals surface area (Å²) in [5, 5.41) is 93.7. The van der Waals surface area contributed by atoms with Gasteiger partial charge in [0.05, 0.1) is 30.8 Å². The number of ketones is 1. The van der Waals surface area contributed by atoms with Gasteiger partial charge in [-0.15, -0.1) is 0 Å². The normalized spacial score (nSPS) is 35.4. The zero-order valence-electron chi connectivity index (χ0n) is 19.8. The lowest BCUT2D eigenvalue weighted by molar-refractivity contribution is -0.192. The van der Waals surface area contributed by atoms with Gasteiger partial charge >= 0.3 is 0 Å². The number of aromatic hydroxyl groups is 3. The molecule has 38 heavy (non-hydrogen) atoms. The SMILES string of the molecule is O=C1CC(c2ccc(O)cc2)Oc2c1c(O)c([C@@H]1OC[C@@H](O)[C@H](O)[C@H]1O)c(O)c2[C@@H]1OC[C@@H](O)[C@H](O)[C@H]1O. The van der Waals surface area contributed by atoms with Crippen LogP contribution in [-0.4, -0.2) is 102 Å². The fraction of sp³-hybridized carbons (Fsp3) is 0.480. The highest BCUT2D eigenvalue weighted by atomic mass is 16.5. The Morgan fingerprint density at radius 1 is 0.684 bits per heavy atom. The number of rotatable bonds is 3. The molecule has 0 radical (unpaired) electrons. The molecule has 2 fully saturated rings. The zero-order chi connectivity index (χ0) is 27.5. The van der Waals surface area contributed by atoms with Crippen molar-refractivity contribution in [2.75, 3.05) is 13.2 Å². The minimum atomic E-state index is -1.84. The summed E-state index contributed by atoms with van der Waals surface area (Å²) in [5.74, 6) is -2.67. The van der Waals surface area contributed by atoms with E-state index in [1.54, 1.807) is 0 Å². The number of fused-ring (bicyclic) bond motifs is 1. The number of hydrogen-bond donors (Lipinski definition) is 9. The fourth-order valence-electron chi connectivity index (χ4n) is 5.11. The van der Waals surface area contributed by atoms with Gasteiger partial charge in [0.15, 0.2) is 5.78 Å². The first-order valence-corrected chi connectivity index (χ1v) is 11.9. The molecule has 0 saturated carbocycles. The molecule has 2 saturated heterocycles. The molecule has 2 aromatic carbocycles. The molecule has 3 heterocycles.